The van der Waals surface area contributed by atoms with Crippen LogP contribution in [0.25, 0.3) is 0 Å². The lowest BCUT2D eigenvalue weighted by Crippen LogP contribution is -2.29. The van der Waals surface area contributed by atoms with E-state index in [4.69, 9.17) is 5.11 Å². The molecule has 58 valence electrons. The van der Waals surface area contributed by atoms with Crippen LogP contribution in [0.15, 0.2) is 0 Å². The van der Waals surface area contributed by atoms with Crippen molar-refractivity contribution in [2.75, 3.05) is 0 Å². The highest BCUT2D eigenvalue weighted by atomic mass is 16.4. The number of hydrogen-bond donors (Lipinski definition) is 1. The van der Waals surface area contributed by atoms with Crippen LogP contribution in [0.4, 0.5) is 0 Å². The first-order valence-electron chi connectivity index (χ1n) is 3.96. The fourth-order valence-electron chi connectivity index (χ4n) is 1.58. The topological polar surface area (TPSA) is 37.3 Å². The fraction of sp³-hybridized carbons (Fsp3) is 0.875. The van der Waals surface area contributed by atoms with Crippen LogP contribution >= 0.6 is 0 Å². The highest BCUT2D eigenvalue weighted by Gasteiger charge is 2.33. The Morgan fingerprint density at radius 3 is 2.60 bits per heavy atom. The Labute approximate surface area is 61.2 Å². The average Bonchev–Trinajstić information content (AvgIpc) is 1.76. The smallest absolute Gasteiger partial charge is 0.306 e. The molecular formula is C8H14O2. The Balaban J connectivity index is 2.12. The normalized spacial score (nSPS) is 31.3. The van der Waals surface area contributed by atoms with Gasteiger partial charge in [0.25, 0.3) is 0 Å². The van der Waals surface area contributed by atoms with Crippen molar-refractivity contribution >= 4 is 5.97 Å². The molecule has 0 bridgehead atoms. The van der Waals surface area contributed by atoms with Crippen molar-refractivity contribution in [2.45, 2.75) is 32.6 Å². The molecule has 0 radical (unpaired) electrons. The highest BCUT2D eigenvalue weighted by Crippen LogP contribution is 2.36. The predicted molar refractivity (Wildman–Crippen MR) is 38.8 cm³/mol. The molecule has 2 heteroatoms. The van der Waals surface area contributed by atoms with E-state index in [1.165, 1.54) is 12.8 Å². The first kappa shape index (κ1) is 7.58. The highest BCUT2D eigenvalue weighted by molar-refractivity contribution is 5.70. The number of carboxylic acids is 1. The predicted octanol–water partition coefficient (Wildman–Crippen LogP) is 1.90. The molecule has 0 aromatic heterocycles. The van der Waals surface area contributed by atoms with Crippen LogP contribution in [0.2, 0.25) is 0 Å². The van der Waals surface area contributed by atoms with Crippen molar-refractivity contribution in [3.63, 3.8) is 0 Å². The lowest BCUT2D eigenvalue weighted by atomic mass is 9.73. The maximum Gasteiger partial charge on any atom is 0.306 e. The second kappa shape index (κ2) is 3.04. The van der Waals surface area contributed by atoms with Gasteiger partial charge in [0.05, 0.1) is 5.92 Å². The van der Waals surface area contributed by atoms with Gasteiger partial charge in [-0.2, -0.15) is 0 Å². The molecular weight excluding hydrogens is 128 g/mol. The Bertz CT molecular complexity index is 125. The number of hydrogen-bond acceptors (Lipinski definition) is 1. The zero-order valence-electron chi connectivity index (χ0n) is 6.34. The van der Waals surface area contributed by atoms with Crippen LogP contribution in [0, 0.1) is 11.8 Å². The number of carbonyl (C=O) groups is 1. The lowest BCUT2D eigenvalue weighted by Gasteiger charge is -2.31. The van der Waals surface area contributed by atoms with Gasteiger partial charge in [0, 0.05) is 0 Å². The maximum atomic E-state index is 10.3. The summed E-state index contributed by atoms with van der Waals surface area (Å²) in [5.41, 5.74) is 0. The molecule has 0 amide bonds. The number of carboxylic acid groups (broad SMARTS) is 1. The molecule has 0 spiro atoms. The number of aliphatic carboxylic acids is 1. The Hall–Kier alpha value is -0.530. The quantitative estimate of drug-likeness (QED) is 0.653. The molecule has 1 aliphatic rings. The molecule has 1 fully saturated rings. The van der Waals surface area contributed by atoms with E-state index >= 15 is 0 Å². The lowest BCUT2D eigenvalue weighted by molar-refractivity contribution is -0.146. The van der Waals surface area contributed by atoms with Gasteiger partial charge in [-0.15, -0.1) is 0 Å². The molecule has 0 aliphatic heterocycles. The van der Waals surface area contributed by atoms with E-state index in [0.29, 0.717) is 5.92 Å². The van der Waals surface area contributed by atoms with Gasteiger partial charge in [-0.1, -0.05) is 19.8 Å². The Kier molecular flexibility index (Phi) is 2.30. The summed E-state index contributed by atoms with van der Waals surface area (Å²) in [7, 11) is 0. The summed E-state index contributed by atoms with van der Waals surface area (Å²) >= 11 is 0. The molecule has 1 N–H and O–H groups in total. The second-order valence-corrected chi connectivity index (χ2v) is 3.16. The van der Waals surface area contributed by atoms with E-state index in [2.05, 4.69) is 6.92 Å². The maximum absolute atomic E-state index is 10.3. The van der Waals surface area contributed by atoms with Gasteiger partial charge in [0.2, 0.25) is 0 Å². The fourth-order valence-corrected chi connectivity index (χ4v) is 1.58. The van der Waals surface area contributed by atoms with E-state index in [0.717, 1.165) is 12.8 Å². The summed E-state index contributed by atoms with van der Waals surface area (Å²) in [5.74, 6) is 0.0926. The molecule has 1 saturated carbocycles. The van der Waals surface area contributed by atoms with Gasteiger partial charge in [-0.05, 0) is 18.8 Å². The van der Waals surface area contributed by atoms with Crippen molar-refractivity contribution in [1.29, 1.82) is 0 Å². The van der Waals surface area contributed by atoms with Crippen LogP contribution < -0.4 is 0 Å². The molecule has 0 saturated heterocycles. The monoisotopic (exact) mass is 142 g/mol. The molecule has 0 atom stereocenters. The van der Waals surface area contributed by atoms with Crippen LogP contribution in [-0.4, -0.2) is 11.1 Å². The van der Waals surface area contributed by atoms with Gasteiger partial charge < -0.3 is 5.11 Å². The molecule has 0 unspecified atom stereocenters. The van der Waals surface area contributed by atoms with Crippen LogP contribution in [0.1, 0.15) is 32.6 Å². The first-order valence-corrected chi connectivity index (χ1v) is 3.96. The van der Waals surface area contributed by atoms with Crippen molar-refractivity contribution in [3.8, 4) is 0 Å². The van der Waals surface area contributed by atoms with E-state index in [-0.39, 0.29) is 5.92 Å². The van der Waals surface area contributed by atoms with Gasteiger partial charge in [0.15, 0.2) is 0 Å². The van der Waals surface area contributed by atoms with Gasteiger partial charge in [-0.25, -0.2) is 0 Å². The van der Waals surface area contributed by atoms with E-state index in [1.807, 2.05) is 0 Å². The summed E-state index contributed by atoms with van der Waals surface area (Å²) in [6, 6.07) is 0. The molecule has 0 aromatic rings. The van der Waals surface area contributed by atoms with Crippen molar-refractivity contribution in [2.24, 2.45) is 11.8 Å². The SMILES string of the molecule is CCCC1CC(C(=O)O)C1. The average molecular weight is 142 g/mol. The van der Waals surface area contributed by atoms with Crippen LogP contribution in [0.5, 0.6) is 0 Å². The number of rotatable bonds is 3. The standard InChI is InChI=1S/C8H14O2/c1-2-3-6-4-7(5-6)8(9)10/h6-7H,2-5H2,1H3,(H,9,10). The van der Waals surface area contributed by atoms with Crippen LogP contribution in [-0.2, 0) is 4.79 Å². The molecule has 2 nitrogen and oxygen atoms in total. The third-order valence-corrected chi connectivity index (χ3v) is 2.28. The Morgan fingerprint density at radius 2 is 2.20 bits per heavy atom. The molecule has 0 heterocycles. The van der Waals surface area contributed by atoms with Crippen molar-refractivity contribution < 1.29 is 9.90 Å². The zero-order valence-corrected chi connectivity index (χ0v) is 6.34. The summed E-state index contributed by atoms with van der Waals surface area (Å²) in [5, 5.41) is 8.52. The molecule has 1 rings (SSSR count). The minimum Gasteiger partial charge on any atom is -0.481 e. The summed E-state index contributed by atoms with van der Waals surface area (Å²) in [6.45, 7) is 2.15. The first-order chi connectivity index (χ1) is 4.74. The van der Waals surface area contributed by atoms with Gasteiger partial charge >= 0.3 is 5.97 Å². The molecule has 0 aromatic carbocycles. The largest absolute Gasteiger partial charge is 0.481 e. The Morgan fingerprint density at radius 1 is 1.60 bits per heavy atom. The van der Waals surface area contributed by atoms with E-state index in [9.17, 15) is 4.79 Å². The van der Waals surface area contributed by atoms with E-state index in [1.54, 1.807) is 0 Å². The van der Waals surface area contributed by atoms with E-state index < -0.39 is 5.97 Å². The zero-order chi connectivity index (χ0) is 7.56. The minimum atomic E-state index is -0.604. The second-order valence-electron chi connectivity index (χ2n) is 3.16. The summed E-state index contributed by atoms with van der Waals surface area (Å²) in [6.07, 6.45) is 4.24. The molecule has 10 heavy (non-hydrogen) atoms. The molecule has 1 aliphatic carbocycles. The van der Waals surface area contributed by atoms with Gasteiger partial charge in [0.1, 0.15) is 0 Å². The summed E-state index contributed by atoms with van der Waals surface area (Å²) < 4.78 is 0. The summed E-state index contributed by atoms with van der Waals surface area (Å²) in [4.78, 5) is 10.3. The van der Waals surface area contributed by atoms with Gasteiger partial charge in [-0.3, -0.25) is 4.79 Å². The van der Waals surface area contributed by atoms with Crippen molar-refractivity contribution in [1.82, 2.24) is 0 Å². The minimum absolute atomic E-state index is 0.0171. The van der Waals surface area contributed by atoms with Crippen LogP contribution in [0.3, 0.4) is 0 Å². The van der Waals surface area contributed by atoms with Crippen molar-refractivity contribution in [3.05, 3.63) is 0 Å². The third kappa shape index (κ3) is 1.49. The third-order valence-electron chi connectivity index (χ3n) is 2.28.